The van der Waals surface area contributed by atoms with Gasteiger partial charge in [0.15, 0.2) is 11.5 Å². The summed E-state index contributed by atoms with van der Waals surface area (Å²) in [6.45, 7) is -1.46. The average molecular weight is 379 g/mol. The van der Waals surface area contributed by atoms with Crippen molar-refractivity contribution in [1.82, 2.24) is 0 Å². The summed E-state index contributed by atoms with van der Waals surface area (Å²) in [4.78, 5) is 22.1. The van der Waals surface area contributed by atoms with Crippen molar-refractivity contribution in [1.29, 1.82) is 0 Å². The smallest absolute Gasteiger partial charge is 0.387 e. The lowest BCUT2D eigenvalue weighted by atomic mass is 10.2. The van der Waals surface area contributed by atoms with Crippen molar-refractivity contribution < 1.29 is 32.7 Å². The van der Waals surface area contributed by atoms with Crippen molar-refractivity contribution in [2.45, 2.75) is 13.5 Å². The number of nitro groups is 1. The van der Waals surface area contributed by atoms with Crippen molar-refractivity contribution in [3.8, 4) is 17.2 Å². The van der Waals surface area contributed by atoms with E-state index in [-0.39, 0.29) is 22.9 Å². The molecule has 0 saturated carbocycles. The molecule has 0 atom stereocenters. The molecule has 9 heteroatoms. The van der Waals surface area contributed by atoms with E-state index in [1.807, 2.05) is 0 Å². The number of methoxy groups -OCH3 is 1. The fourth-order valence-electron chi connectivity index (χ4n) is 2.19. The number of hydrogen-bond acceptors (Lipinski definition) is 6. The second kappa shape index (κ2) is 8.75. The van der Waals surface area contributed by atoms with Crippen molar-refractivity contribution in [2.24, 2.45) is 0 Å². The molecule has 7 nitrogen and oxygen atoms in total. The molecule has 2 aromatic carbocycles. The van der Waals surface area contributed by atoms with Gasteiger partial charge in [0.25, 0.3) is 5.69 Å². The first-order valence-electron chi connectivity index (χ1n) is 7.58. The van der Waals surface area contributed by atoms with Crippen molar-refractivity contribution in [2.75, 3.05) is 7.11 Å². The van der Waals surface area contributed by atoms with Crippen LogP contribution >= 0.6 is 0 Å². The molecule has 0 unspecified atom stereocenters. The molecule has 0 heterocycles. The molecular weight excluding hydrogens is 364 g/mol. The average Bonchev–Trinajstić information content (AvgIpc) is 2.60. The second-order valence-electron chi connectivity index (χ2n) is 5.25. The molecule has 0 aliphatic carbocycles. The maximum Gasteiger partial charge on any atom is 0.387 e. The minimum absolute atomic E-state index is 0.0801. The third-order valence-corrected chi connectivity index (χ3v) is 3.40. The van der Waals surface area contributed by atoms with E-state index in [2.05, 4.69) is 4.74 Å². The number of nitrogens with zero attached hydrogens (tertiary/aromatic N) is 1. The Hall–Kier alpha value is -3.49. The van der Waals surface area contributed by atoms with E-state index in [0.29, 0.717) is 11.1 Å². The number of carbonyl (C=O) groups excluding carboxylic acids is 1. The van der Waals surface area contributed by atoms with Crippen LogP contribution < -0.4 is 14.2 Å². The van der Waals surface area contributed by atoms with E-state index in [0.717, 1.165) is 6.08 Å². The first kappa shape index (κ1) is 19.8. The fraction of sp³-hybridized carbons (Fsp3) is 0.167. The Labute approximate surface area is 152 Å². The lowest BCUT2D eigenvalue weighted by Gasteiger charge is -2.10. The Morgan fingerprint density at radius 3 is 2.52 bits per heavy atom. The highest BCUT2D eigenvalue weighted by Gasteiger charge is 2.12. The van der Waals surface area contributed by atoms with Crippen LogP contribution in [0.15, 0.2) is 42.5 Å². The van der Waals surface area contributed by atoms with Gasteiger partial charge in [0.2, 0.25) is 0 Å². The molecule has 0 N–H and O–H groups in total. The number of hydrogen-bond donors (Lipinski definition) is 0. The van der Waals surface area contributed by atoms with E-state index in [1.165, 1.54) is 56.5 Å². The molecular formula is C18H15F2NO6. The molecule has 2 rings (SSSR count). The molecule has 0 aromatic heterocycles. The van der Waals surface area contributed by atoms with Crippen LogP contribution in [-0.2, 0) is 4.79 Å². The first-order chi connectivity index (χ1) is 12.8. The Bertz CT molecular complexity index is 882. The van der Waals surface area contributed by atoms with Gasteiger partial charge in [-0.1, -0.05) is 6.07 Å². The standard InChI is InChI=1S/C18H15F2NO6/c1-11-9-13(5-6-14(11)21(23)24)26-17(22)8-4-12-3-7-15(27-18(19)20)16(10-12)25-2/h3-10,18H,1-2H3/b8-4+. The molecule has 0 aliphatic rings. The van der Waals surface area contributed by atoms with Gasteiger partial charge in [0.1, 0.15) is 5.75 Å². The second-order valence-corrected chi connectivity index (χ2v) is 5.25. The van der Waals surface area contributed by atoms with Crippen LogP contribution in [0, 0.1) is 17.0 Å². The fourth-order valence-corrected chi connectivity index (χ4v) is 2.19. The highest BCUT2D eigenvalue weighted by atomic mass is 19.3. The van der Waals surface area contributed by atoms with Gasteiger partial charge in [0, 0.05) is 17.7 Å². The number of ether oxygens (including phenoxy) is 3. The van der Waals surface area contributed by atoms with E-state index in [9.17, 15) is 23.7 Å². The van der Waals surface area contributed by atoms with Crippen LogP contribution in [0.25, 0.3) is 6.08 Å². The molecule has 0 fully saturated rings. The summed E-state index contributed by atoms with van der Waals surface area (Å²) in [5, 5.41) is 10.8. The molecule has 0 aliphatic heterocycles. The zero-order valence-electron chi connectivity index (χ0n) is 14.3. The maximum atomic E-state index is 12.3. The van der Waals surface area contributed by atoms with Gasteiger partial charge in [-0.2, -0.15) is 8.78 Å². The van der Waals surface area contributed by atoms with Crippen molar-refractivity contribution in [3.05, 3.63) is 63.7 Å². The van der Waals surface area contributed by atoms with Crippen molar-refractivity contribution >= 4 is 17.7 Å². The van der Waals surface area contributed by atoms with Gasteiger partial charge < -0.3 is 14.2 Å². The minimum atomic E-state index is -2.99. The molecule has 0 saturated heterocycles. The van der Waals surface area contributed by atoms with Crippen LogP contribution in [-0.4, -0.2) is 24.6 Å². The molecule has 0 radical (unpaired) electrons. The van der Waals surface area contributed by atoms with Gasteiger partial charge in [-0.05, 0) is 42.8 Å². The van der Waals surface area contributed by atoms with E-state index in [1.54, 1.807) is 0 Å². The summed E-state index contributed by atoms with van der Waals surface area (Å²) in [5.41, 5.74) is 0.766. The molecule has 0 bridgehead atoms. The largest absolute Gasteiger partial charge is 0.493 e. The molecule has 0 amide bonds. The van der Waals surface area contributed by atoms with Crippen LogP contribution in [0.1, 0.15) is 11.1 Å². The summed E-state index contributed by atoms with van der Waals surface area (Å²) in [7, 11) is 1.30. The number of aryl methyl sites for hydroxylation is 1. The first-order valence-corrected chi connectivity index (χ1v) is 7.58. The highest BCUT2D eigenvalue weighted by molar-refractivity contribution is 5.88. The van der Waals surface area contributed by atoms with Crippen LogP contribution in [0.4, 0.5) is 14.5 Å². The molecule has 142 valence electrons. The Morgan fingerprint density at radius 1 is 1.19 bits per heavy atom. The van der Waals surface area contributed by atoms with Gasteiger partial charge in [-0.25, -0.2) is 4.79 Å². The SMILES string of the molecule is COc1cc(/C=C/C(=O)Oc2ccc([N+](=O)[O-])c(C)c2)ccc1OC(F)F. The Balaban J connectivity index is 2.08. The number of halogens is 2. The third kappa shape index (κ3) is 5.50. The molecule has 2 aromatic rings. The van der Waals surface area contributed by atoms with E-state index in [4.69, 9.17) is 9.47 Å². The predicted octanol–water partition coefficient (Wildman–Crippen LogP) is 4.13. The number of carbonyl (C=O) groups is 1. The summed E-state index contributed by atoms with van der Waals surface area (Å²) in [5.74, 6) is -0.605. The molecule has 27 heavy (non-hydrogen) atoms. The monoisotopic (exact) mass is 379 g/mol. The summed E-state index contributed by atoms with van der Waals surface area (Å²) in [6.07, 6.45) is 2.52. The number of rotatable bonds is 7. The van der Waals surface area contributed by atoms with Gasteiger partial charge in [0.05, 0.1) is 12.0 Å². The van der Waals surface area contributed by atoms with Gasteiger partial charge in [-0.15, -0.1) is 0 Å². The Kier molecular flexibility index (Phi) is 6.42. The summed E-state index contributed by atoms with van der Waals surface area (Å²) < 4.78 is 39.0. The number of nitro benzene ring substituents is 1. The Morgan fingerprint density at radius 2 is 1.93 bits per heavy atom. The lowest BCUT2D eigenvalue weighted by Crippen LogP contribution is -2.04. The normalized spacial score (nSPS) is 10.9. The number of esters is 1. The lowest BCUT2D eigenvalue weighted by molar-refractivity contribution is -0.385. The summed E-state index contributed by atoms with van der Waals surface area (Å²) >= 11 is 0. The minimum Gasteiger partial charge on any atom is -0.493 e. The summed E-state index contributed by atoms with van der Waals surface area (Å²) in [6, 6.07) is 8.10. The van der Waals surface area contributed by atoms with Crippen LogP contribution in [0.2, 0.25) is 0 Å². The number of alkyl halides is 2. The van der Waals surface area contributed by atoms with Gasteiger partial charge >= 0.3 is 12.6 Å². The van der Waals surface area contributed by atoms with Crippen LogP contribution in [0.5, 0.6) is 17.2 Å². The zero-order valence-corrected chi connectivity index (χ0v) is 14.3. The van der Waals surface area contributed by atoms with E-state index >= 15 is 0 Å². The maximum absolute atomic E-state index is 12.3. The predicted molar refractivity (Wildman–Crippen MR) is 92.1 cm³/mol. The molecule has 0 spiro atoms. The highest BCUT2D eigenvalue weighted by Crippen LogP contribution is 2.30. The zero-order chi connectivity index (χ0) is 20.0. The quantitative estimate of drug-likeness (QED) is 0.236. The van der Waals surface area contributed by atoms with Gasteiger partial charge in [-0.3, -0.25) is 10.1 Å². The van der Waals surface area contributed by atoms with Crippen LogP contribution in [0.3, 0.4) is 0 Å². The topological polar surface area (TPSA) is 87.9 Å². The van der Waals surface area contributed by atoms with Crippen molar-refractivity contribution in [3.63, 3.8) is 0 Å². The number of benzene rings is 2. The third-order valence-electron chi connectivity index (χ3n) is 3.40. The van der Waals surface area contributed by atoms with E-state index < -0.39 is 17.5 Å².